The van der Waals surface area contributed by atoms with Crippen molar-refractivity contribution in [1.82, 2.24) is 0 Å². The van der Waals surface area contributed by atoms with Gasteiger partial charge in [-0.05, 0) is 30.7 Å². The summed E-state index contributed by atoms with van der Waals surface area (Å²) >= 11 is 0. The molecule has 1 rings (SSSR count). The predicted octanol–water partition coefficient (Wildman–Crippen LogP) is 4.18. The second-order valence-corrected chi connectivity index (χ2v) is 6.96. The van der Waals surface area contributed by atoms with Gasteiger partial charge in [0.25, 0.3) is 0 Å². The molecule has 0 aliphatic heterocycles. The van der Waals surface area contributed by atoms with Gasteiger partial charge < -0.3 is 5.11 Å². The lowest BCUT2D eigenvalue weighted by Crippen LogP contribution is -2.25. The lowest BCUT2D eigenvalue weighted by atomic mass is 9.76. The molecule has 3 atom stereocenters. The highest BCUT2D eigenvalue weighted by atomic mass is 16.3. The van der Waals surface area contributed by atoms with E-state index < -0.39 is 0 Å². The SMILES string of the molecule is C[C@H](C[C@@H](C)O)[C@@H](CC(=O)C(C)(C)C)c1ccccc1. The predicted molar refractivity (Wildman–Crippen MR) is 83.7 cm³/mol. The van der Waals surface area contributed by atoms with Crippen LogP contribution in [0, 0.1) is 11.3 Å². The zero-order valence-electron chi connectivity index (χ0n) is 13.4. The Morgan fingerprint density at radius 3 is 2.15 bits per heavy atom. The molecule has 0 unspecified atom stereocenters. The second kappa shape index (κ2) is 7.03. The van der Waals surface area contributed by atoms with Crippen LogP contribution in [-0.4, -0.2) is 17.0 Å². The Bertz CT molecular complexity index is 415. The minimum absolute atomic E-state index is 0.178. The summed E-state index contributed by atoms with van der Waals surface area (Å²) in [5.74, 6) is 0.741. The highest BCUT2D eigenvalue weighted by Crippen LogP contribution is 2.34. The zero-order valence-corrected chi connectivity index (χ0v) is 13.4. The van der Waals surface area contributed by atoms with E-state index in [-0.39, 0.29) is 29.1 Å². The third-order valence-electron chi connectivity index (χ3n) is 3.87. The van der Waals surface area contributed by atoms with Crippen LogP contribution in [0.4, 0.5) is 0 Å². The minimum Gasteiger partial charge on any atom is -0.393 e. The fraction of sp³-hybridized carbons (Fsp3) is 0.611. The van der Waals surface area contributed by atoms with Crippen molar-refractivity contribution in [3.8, 4) is 0 Å². The van der Waals surface area contributed by atoms with Gasteiger partial charge in [-0.15, -0.1) is 0 Å². The van der Waals surface area contributed by atoms with Crippen LogP contribution in [0.1, 0.15) is 58.9 Å². The summed E-state index contributed by atoms with van der Waals surface area (Å²) in [6.07, 6.45) is 0.930. The summed E-state index contributed by atoms with van der Waals surface area (Å²) in [7, 11) is 0. The van der Waals surface area contributed by atoms with E-state index in [1.54, 1.807) is 0 Å². The molecule has 0 aliphatic carbocycles. The second-order valence-electron chi connectivity index (χ2n) is 6.96. The number of carbonyl (C=O) groups excluding carboxylic acids is 1. The van der Waals surface area contributed by atoms with E-state index in [4.69, 9.17) is 0 Å². The van der Waals surface area contributed by atoms with E-state index in [0.29, 0.717) is 6.42 Å². The monoisotopic (exact) mass is 276 g/mol. The molecule has 0 radical (unpaired) electrons. The maximum atomic E-state index is 12.4. The van der Waals surface area contributed by atoms with Gasteiger partial charge in [0, 0.05) is 11.8 Å². The molecule has 20 heavy (non-hydrogen) atoms. The molecule has 0 spiro atoms. The average molecular weight is 276 g/mol. The maximum absolute atomic E-state index is 12.4. The minimum atomic E-state index is -0.332. The van der Waals surface area contributed by atoms with Crippen molar-refractivity contribution in [3.05, 3.63) is 35.9 Å². The smallest absolute Gasteiger partial charge is 0.138 e. The molecule has 0 bridgehead atoms. The molecule has 0 aromatic heterocycles. The Hall–Kier alpha value is -1.15. The van der Waals surface area contributed by atoms with Crippen LogP contribution in [0.2, 0.25) is 0 Å². The average Bonchev–Trinajstić information content (AvgIpc) is 2.34. The van der Waals surface area contributed by atoms with Crippen LogP contribution in [0.25, 0.3) is 0 Å². The molecule has 1 N–H and O–H groups in total. The Morgan fingerprint density at radius 1 is 1.15 bits per heavy atom. The fourth-order valence-corrected chi connectivity index (χ4v) is 2.56. The van der Waals surface area contributed by atoms with Gasteiger partial charge in [-0.1, -0.05) is 58.0 Å². The van der Waals surface area contributed by atoms with E-state index in [1.807, 2.05) is 45.9 Å². The summed E-state index contributed by atoms with van der Waals surface area (Å²) in [5, 5.41) is 9.63. The van der Waals surface area contributed by atoms with Crippen molar-refractivity contribution in [3.63, 3.8) is 0 Å². The van der Waals surface area contributed by atoms with E-state index >= 15 is 0 Å². The van der Waals surface area contributed by atoms with Crippen molar-refractivity contribution in [2.24, 2.45) is 11.3 Å². The molecular formula is C18H28O2. The maximum Gasteiger partial charge on any atom is 0.138 e. The van der Waals surface area contributed by atoms with Gasteiger partial charge in [-0.25, -0.2) is 0 Å². The van der Waals surface area contributed by atoms with Gasteiger partial charge in [0.05, 0.1) is 6.10 Å². The largest absolute Gasteiger partial charge is 0.393 e. The molecule has 2 nitrogen and oxygen atoms in total. The normalized spacial score (nSPS) is 16.5. The third-order valence-corrected chi connectivity index (χ3v) is 3.87. The molecule has 0 saturated heterocycles. The molecule has 0 fully saturated rings. The van der Waals surface area contributed by atoms with E-state index in [2.05, 4.69) is 19.1 Å². The Morgan fingerprint density at radius 2 is 1.70 bits per heavy atom. The van der Waals surface area contributed by atoms with Crippen LogP contribution < -0.4 is 0 Å². The first-order chi connectivity index (χ1) is 9.21. The number of benzene rings is 1. The van der Waals surface area contributed by atoms with E-state index in [9.17, 15) is 9.90 Å². The Kier molecular flexibility index (Phi) is 5.94. The molecule has 0 heterocycles. The van der Waals surface area contributed by atoms with E-state index in [0.717, 1.165) is 6.42 Å². The first-order valence-corrected chi connectivity index (χ1v) is 7.48. The number of hydrogen-bond acceptors (Lipinski definition) is 2. The molecular weight excluding hydrogens is 248 g/mol. The van der Waals surface area contributed by atoms with Gasteiger partial charge >= 0.3 is 0 Å². The summed E-state index contributed by atoms with van der Waals surface area (Å²) in [6, 6.07) is 10.2. The summed E-state index contributed by atoms with van der Waals surface area (Å²) < 4.78 is 0. The summed E-state index contributed by atoms with van der Waals surface area (Å²) in [4.78, 5) is 12.4. The van der Waals surface area contributed by atoms with Crippen LogP contribution >= 0.6 is 0 Å². The fourth-order valence-electron chi connectivity index (χ4n) is 2.56. The molecule has 1 aromatic rings. The molecule has 112 valence electrons. The number of Topliss-reactive ketones (excluding diaryl/α,β-unsaturated/α-hetero) is 1. The number of hydrogen-bond donors (Lipinski definition) is 1. The quantitative estimate of drug-likeness (QED) is 0.846. The van der Waals surface area contributed by atoms with Crippen LogP contribution in [-0.2, 0) is 4.79 Å². The number of rotatable bonds is 6. The zero-order chi connectivity index (χ0) is 15.3. The van der Waals surface area contributed by atoms with Crippen molar-refractivity contribution in [2.45, 2.75) is 59.5 Å². The lowest BCUT2D eigenvalue weighted by Gasteiger charge is -2.28. The van der Waals surface area contributed by atoms with Crippen LogP contribution in [0.15, 0.2) is 30.3 Å². The van der Waals surface area contributed by atoms with E-state index in [1.165, 1.54) is 5.56 Å². The topological polar surface area (TPSA) is 37.3 Å². The number of carbonyl (C=O) groups is 1. The van der Waals surface area contributed by atoms with Gasteiger partial charge in [0.1, 0.15) is 5.78 Å². The summed E-state index contributed by atoms with van der Waals surface area (Å²) in [6.45, 7) is 9.84. The number of aliphatic hydroxyl groups excluding tert-OH is 1. The molecule has 0 aliphatic rings. The number of aliphatic hydroxyl groups is 1. The van der Waals surface area contributed by atoms with Gasteiger partial charge in [0.15, 0.2) is 0 Å². The standard InChI is InChI=1S/C18H28O2/c1-13(11-14(2)19)16(12-17(20)18(3,4)5)15-9-7-6-8-10-15/h6-10,13-14,16,19H,11-12H2,1-5H3/t13-,14-,16-/m1/s1. The van der Waals surface area contributed by atoms with Crippen molar-refractivity contribution in [1.29, 1.82) is 0 Å². The molecule has 2 heteroatoms. The first kappa shape index (κ1) is 16.9. The van der Waals surface area contributed by atoms with Gasteiger partial charge in [-0.2, -0.15) is 0 Å². The first-order valence-electron chi connectivity index (χ1n) is 7.48. The lowest BCUT2D eigenvalue weighted by molar-refractivity contribution is -0.127. The van der Waals surface area contributed by atoms with Crippen molar-refractivity contribution < 1.29 is 9.90 Å². The van der Waals surface area contributed by atoms with Crippen LogP contribution in [0.5, 0.6) is 0 Å². The van der Waals surface area contributed by atoms with Crippen molar-refractivity contribution in [2.75, 3.05) is 0 Å². The molecule has 1 aromatic carbocycles. The van der Waals surface area contributed by atoms with Gasteiger partial charge in [0.2, 0.25) is 0 Å². The Balaban J connectivity index is 2.94. The molecule has 0 saturated carbocycles. The highest BCUT2D eigenvalue weighted by Gasteiger charge is 2.28. The third kappa shape index (κ3) is 5.09. The molecule has 0 amide bonds. The number of ketones is 1. The van der Waals surface area contributed by atoms with Crippen molar-refractivity contribution >= 4 is 5.78 Å². The van der Waals surface area contributed by atoms with Gasteiger partial charge in [-0.3, -0.25) is 4.79 Å². The summed E-state index contributed by atoms with van der Waals surface area (Å²) in [5.41, 5.74) is 0.885. The van der Waals surface area contributed by atoms with Crippen LogP contribution in [0.3, 0.4) is 0 Å². The Labute approximate surface area is 123 Å². The highest BCUT2D eigenvalue weighted by molar-refractivity contribution is 5.84.